The van der Waals surface area contributed by atoms with Crippen LogP contribution in [0, 0.1) is 20.2 Å². The SMILES string of the molecule is CCN(CC)CCN(CC)C(=O)Oc1ccc(COC(=O)Oc2ccc([N+](=O)[O-])cc2)cc1CN(CCCOCCOCCOCCCCC(=O)CCSC)C(C)=O.CSCCC(=O)NCCCCCCCCN(Cc1cc(COC(=O)Oc2ccc([N+](=O)[O-])cc2)ccc1OC(=O)N(C)CCN(C)C)C(C)=O. The van der Waals surface area contributed by atoms with Gasteiger partial charge in [0, 0.05) is 160 Å². The van der Waals surface area contributed by atoms with Crippen molar-refractivity contribution in [1.82, 2.24) is 34.7 Å². The lowest BCUT2D eigenvalue weighted by Gasteiger charge is -2.26. The van der Waals surface area contributed by atoms with Crippen LogP contribution >= 0.6 is 23.5 Å². The van der Waals surface area contributed by atoms with Crippen molar-refractivity contribution in [3.8, 4) is 23.0 Å². The van der Waals surface area contributed by atoms with Crippen molar-refractivity contribution in [2.75, 3.05) is 150 Å². The van der Waals surface area contributed by atoms with Gasteiger partial charge >= 0.3 is 24.5 Å². The molecule has 0 heterocycles. The van der Waals surface area contributed by atoms with E-state index < -0.39 is 34.3 Å². The van der Waals surface area contributed by atoms with Crippen molar-refractivity contribution < 1.29 is 90.8 Å². The van der Waals surface area contributed by atoms with Gasteiger partial charge in [-0.3, -0.25) is 39.4 Å². The van der Waals surface area contributed by atoms with Crippen LogP contribution < -0.4 is 24.3 Å². The lowest BCUT2D eigenvalue weighted by molar-refractivity contribution is -0.385. The third-order valence-corrected chi connectivity index (χ3v) is 17.9. The molecule has 0 aliphatic rings. The average molecular weight is 1550 g/mol. The van der Waals surface area contributed by atoms with E-state index in [9.17, 15) is 58.6 Å². The first-order valence-corrected chi connectivity index (χ1v) is 39.4. The summed E-state index contributed by atoms with van der Waals surface area (Å²) in [6.07, 6.45) is 10.6. The van der Waals surface area contributed by atoms with Crippen molar-refractivity contribution in [3.63, 3.8) is 0 Å². The Balaban J connectivity index is 0.000000566. The van der Waals surface area contributed by atoms with Crippen LogP contribution in [0.15, 0.2) is 84.9 Å². The number of Topliss-reactive ketones (excluding diaryl/α,β-unsaturated/α-hetero) is 1. The monoisotopic (exact) mass is 1550 g/mol. The van der Waals surface area contributed by atoms with E-state index in [2.05, 4.69) is 24.1 Å². The van der Waals surface area contributed by atoms with E-state index in [1.807, 2.05) is 38.4 Å². The summed E-state index contributed by atoms with van der Waals surface area (Å²) < 4.78 is 49.4. The summed E-state index contributed by atoms with van der Waals surface area (Å²) >= 11 is 3.34. The number of likely N-dealkylation sites (N-methyl/N-ethyl adjacent to an activating group) is 4. The van der Waals surface area contributed by atoms with Crippen LogP contribution in [0.5, 0.6) is 23.0 Å². The molecular formula is C76H113N9O21S2. The Labute approximate surface area is 644 Å². The van der Waals surface area contributed by atoms with Gasteiger partial charge in [0.15, 0.2) is 0 Å². The van der Waals surface area contributed by atoms with Crippen LogP contribution in [0.4, 0.5) is 30.6 Å². The molecule has 108 heavy (non-hydrogen) atoms. The Kier molecular flexibility index (Phi) is 48.2. The van der Waals surface area contributed by atoms with E-state index in [1.54, 1.807) is 81.7 Å². The van der Waals surface area contributed by atoms with Crippen LogP contribution in [0.1, 0.15) is 134 Å². The number of carbonyl (C=O) groups is 8. The summed E-state index contributed by atoms with van der Waals surface area (Å²) in [7, 11) is 5.47. The number of nitrogens with zero attached hydrogens (tertiary/aromatic N) is 8. The summed E-state index contributed by atoms with van der Waals surface area (Å²) in [5, 5.41) is 24.7. The smallest absolute Gasteiger partial charge is 0.429 e. The first-order valence-electron chi connectivity index (χ1n) is 36.6. The number of benzene rings is 4. The van der Waals surface area contributed by atoms with Gasteiger partial charge in [0.05, 0.1) is 36.3 Å². The number of hydrogen-bond acceptors (Lipinski definition) is 25. The van der Waals surface area contributed by atoms with Gasteiger partial charge in [0.25, 0.3) is 11.4 Å². The summed E-state index contributed by atoms with van der Waals surface area (Å²) in [5.41, 5.74) is 1.94. The number of nitro benzene ring substituents is 2. The Morgan fingerprint density at radius 1 is 0.463 bits per heavy atom. The lowest BCUT2D eigenvalue weighted by atomic mass is 10.1. The van der Waals surface area contributed by atoms with Gasteiger partial charge in [-0.15, -0.1) is 0 Å². The third-order valence-electron chi connectivity index (χ3n) is 16.6. The molecule has 0 unspecified atom stereocenters. The van der Waals surface area contributed by atoms with E-state index in [4.69, 9.17) is 42.6 Å². The van der Waals surface area contributed by atoms with Crippen molar-refractivity contribution >= 4 is 82.9 Å². The van der Waals surface area contributed by atoms with Gasteiger partial charge in [0.2, 0.25) is 17.7 Å². The Morgan fingerprint density at radius 3 is 1.40 bits per heavy atom. The van der Waals surface area contributed by atoms with Crippen molar-refractivity contribution in [3.05, 3.63) is 127 Å². The standard InChI is InChI=1S/C41H62N4O12S.C35H51N5O9S/c1-6-42(7-2)21-22-43(8-3)40(48)57-39-18-13-34(32-55-41(49)56-38-16-14-36(15-17-38)45(50)51)30-35(39)31-44(33(4)46)20-11-24-53-26-28-54-27-25-52-23-10-9-12-37(47)19-29-58-5;1-27(41)39(20-11-9-7-6-8-10-19-36-33(42)18-23-50-5)25-29-24-28(12-17-32(29)49-34(43)38(4)22-21-37(2)3)26-47-35(44)48-31-15-13-30(14-16-31)40(45)46/h13-18,30H,6-12,19-29,31-32H2,1-5H3;12-17,24H,6-11,18-23,25-26H2,1-5H3,(H,36,42). The molecule has 32 heteroatoms. The van der Waals surface area contributed by atoms with E-state index in [0.29, 0.717) is 146 Å². The van der Waals surface area contributed by atoms with Crippen molar-refractivity contribution in [2.45, 2.75) is 138 Å². The maximum absolute atomic E-state index is 13.3. The molecule has 0 aliphatic heterocycles. The van der Waals surface area contributed by atoms with Gasteiger partial charge in [0.1, 0.15) is 42.0 Å². The number of nitro groups is 2. The average Bonchev–Trinajstić information content (AvgIpc) is 0.840. The fourth-order valence-corrected chi connectivity index (χ4v) is 11.0. The molecule has 0 fully saturated rings. The molecule has 0 aromatic heterocycles. The minimum atomic E-state index is -1.01. The summed E-state index contributed by atoms with van der Waals surface area (Å²) in [6.45, 7) is 17.6. The molecule has 0 aliphatic carbocycles. The van der Waals surface area contributed by atoms with E-state index >= 15 is 0 Å². The molecule has 0 atom stereocenters. The van der Waals surface area contributed by atoms with Crippen LogP contribution in [0.2, 0.25) is 0 Å². The number of nitrogens with one attached hydrogen (secondary N) is 1. The number of rotatable bonds is 53. The molecule has 0 saturated heterocycles. The predicted octanol–water partition coefficient (Wildman–Crippen LogP) is 12.6. The van der Waals surface area contributed by atoms with Gasteiger partial charge in [-0.05, 0) is 144 Å². The molecule has 0 saturated carbocycles. The van der Waals surface area contributed by atoms with Crippen LogP contribution in [0.3, 0.4) is 0 Å². The zero-order chi connectivity index (χ0) is 79.4. The number of unbranched alkanes of at least 4 members (excludes halogenated alkanes) is 6. The highest BCUT2D eigenvalue weighted by Gasteiger charge is 2.23. The number of thioether (sulfide) groups is 2. The maximum Gasteiger partial charge on any atom is 0.514 e. The second-order valence-electron chi connectivity index (χ2n) is 25.3. The number of hydrogen-bond donors (Lipinski definition) is 1. The first-order chi connectivity index (χ1) is 51.9. The van der Waals surface area contributed by atoms with Crippen LogP contribution in [-0.2, 0) is 69.2 Å². The van der Waals surface area contributed by atoms with Gasteiger partial charge < -0.3 is 77.3 Å². The van der Waals surface area contributed by atoms with Crippen LogP contribution in [-0.4, -0.2) is 237 Å². The quantitative estimate of drug-likeness (QED) is 0.0141. The van der Waals surface area contributed by atoms with Gasteiger partial charge in [-0.25, -0.2) is 19.2 Å². The molecule has 4 rings (SSSR count). The lowest BCUT2D eigenvalue weighted by Crippen LogP contribution is -2.40. The van der Waals surface area contributed by atoms with E-state index in [0.717, 1.165) is 76.0 Å². The highest BCUT2D eigenvalue weighted by atomic mass is 32.2. The topological polar surface area (TPSA) is 337 Å². The Bertz CT molecular complexity index is 3350. The van der Waals surface area contributed by atoms with E-state index in [-0.39, 0.29) is 78.4 Å². The number of amides is 5. The highest BCUT2D eigenvalue weighted by Crippen LogP contribution is 2.28. The number of carbonyl (C=O) groups excluding carboxylic acids is 8. The van der Waals surface area contributed by atoms with Gasteiger partial charge in [-0.1, -0.05) is 51.7 Å². The molecule has 1 N–H and O–H groups in total. The summed E-state index contributed by atoms with van der Waals surface area (Å²) in [6, 6.07) is 20.0. The van der Waals surface area contributed by atoms with Crippen molar-refractivity contribution in [2.24, 2.45) is 0 Å². The molecule has 0 radical (unpaired) electrons. The molecular weight excluding hydrogens is 1440 g/mol. The van der Waals surface area contributed by atoms with Gasteiger partial charge in [-0.2, -0.15) is 23.5 Å². The second-order valence-corrected chi connectivity index (χ2v) is 27.2. The zero-order valence-electron chi connectivity index (χ0n) is 64.6. The summed E-state index contributed by atoms with van der Waals surface area (Å²) in [5.74, 6) is 2.50. The molecule has 30 nitrogen and oxygen atoms in total. The van der Waals surface area contributed by atoms with E-state index in [1.165, 1.54) is 67.3 Å². The van der Waals surface area contributed by atoms with Crippen LogP contribution in [0.25, 0.3) is 0 Å². The normalized spacial score (nSPS) is 10.9. The molecule has 4 aromatic carbocycles. The molecule has 600 valence electrons. The molecule has 0 bridgehead atoms. The minimum Gasteiger partial charge on any atom is -0.429 e. The first kappa shape index (κ1) is 93.5. The zero-order valence-corrected chi connectivity index (χ0v) is 66.2. The highest BCUT2D eigenvalue weighted by molar-refractivity contribution is 7.98. The Morgan fingerprint density at radius 2 is 0.926 bits per heavy atom. The number of ether oxygens (including phenoxy) is 9. The fraction of sp³-hybridized carbons (Fsp3) is 0.579. The number of non-ortho nitro benzene ring substituents is 2. The largest absolute Gasteiger partial charge is 0.514 e. The molecule has 4 aromatic rings. The Hall–Kier alpha value is -8.66. The number of ketones is 1. The third kappa shape index (κ3) is 41.1. The second kappa shape index (κ2) is 55.7. The fourth-order valence-electron chi connectivity index (χ4n) is 10.2. The predicted molar refractivity (Wildman–Crippen MR) is 414 cm³/mol. The molecule has 5 amide bonds. The molecule has 0 spiro atoms. The summed E-state index contributed by atoms with van der Waals surface area (Å²) in [4.78, 5) is 131. The maximum atomic E-state index is 13.3. The van der Waals surface area contributed by atoms with Crippen molar-refractivity contribution in [1.29, 1.82) is 0 Å². The minimum absolute atomic E-state index is 0.0771.